The number of amides is 3. The zero-order chi connectivity index (χ0) is 21.5. The smallest absolute Gasteiger partial charge is 0.326 e. The Bertz CT molecular complexity index is 1320. The third kappa shape index (κ3) is 3.66. The second-order valence-corrected chi connectivity index (χ2v) is 7.51. The first kappa shape index (κ1) is 18.7. The number of benzene rings is 1. The summed E-state index contributed by atoms with van der Waals surface area (Å²) in [6.07, 6.45) is 5.33. The van der Waals surface area contributed by atoms with Crippen molar-refractivity contribution in [2.45, 2.75) is 18.9 Å². The fraction of sp³-hybridized carbons (Fsp3) is 0.150. The minimum Gasteiger partial charge on any atom is -0.367 e. The molecule has 3 heterocycles. The van der Waals surface area contributed by atoms with E-state index >= 15 is 0 Å². The minimum atomic E-state index is -0.560. The number of nitriles is 1. The number of nitrogens with zero attached hydrogens (tertiary/aromatic N) is 4. The zero-order valence-corrected chi connectivity index (χ0v) is 16.6. The highest BCUT2D eigenvalue weighted by Gasteiger charge is 2.25. The monoisotopic (exact) mass is 412 g/mol. The van der Waals surface area contributed by atoms with Gasteiger partial charge in [-0.1, -0.05) is 5.46 Å². The van der Waals surface area contributed by atoms with Crippen LogP contribution in [0.4, 0.5) is 22.1 Å². The first-order valence-electron chi connectivity index (χ1n) is 9.77. The maximum absolute atomic E-state index is 11.9. The van der Waals surface area contributed by atoms with Crippen LogP contribution < -0.4 is 26.7 Å². The predicted molar refractivity (Wildman–Crippen MR) is 117 cm³/mol. The second kappa shape index (κ2) is 7.18. The van der Waals surface area contributed by atoms with Gasteiger partial charge in [-0.15, -0.1) is 0 Å². The van der Waals surface area contributed by atoms with Crippen molar-refractivity contribution in [3.05, 3.63) is 47.3 Å². The highest BCUT2D eigenvalue weighted by atomic mass is 16.2. The van der Waals surface area contributed by atoms with Gasteiger partial charge in [0.2, 0.25) is 0 Å². The van der Waals surface area contributed by atoms with Gasteiger partial charge in [0.1, 0.15) is 25.2 Å². The molecule has 5 rings (SSSR count). The normalized spacial score (nSPS) is 16.8. The molecule has 1 aliphatic carbocycles. The van der Waals surface area contributed by atoms with Gasteiger partial charge >= 0.3 is 6.03 Å². The largest absolute Gasteiger partial charge is 0.367 e. The lowest BCUT2D eigenvalue weighted by atomic mass is 9.92. The van der Waals surface area contributed by atoms with E-state index in [1.807, 2.05) is 20.0 Å². The van der Waals surface area contributed by atoms with E-state index in [0.717, 1.165) is 29.8 Å². The van der Waals surface area contributed by atoms with Crippen molar-refractivity contribution in [3.63, 3.8) is 0 Å². The van der Waals surface area contributed by atoms with Crippen LogP contribution in [0.25, 0.3) is 11.7 Å². The number of anilines is 3. The lowest BCUT2D eigenvalue weighted by Crippen LogP contribution is -2.22. The molecule has 31 heavy (non-hydrogen) atoms. The Morgan fingerprint density at radius 3 is 2.77 bits per heavy atom. The Hall–Kier alpha value is -4.33. The van der Waals surface area contributed by atoms with Crippen LogP contribution in [0.15, 0.2) is 36.2 Å². The van der Waals surface area contributed by atoms with Crippen molar-refractivity contribution >= 4 is 54.3 Å². The summed E-state index contributed by atoms with van der Waals surface area (Å²) in [5, 5.41) is 24.9. The van der Waals surface area contributed by atoms with Gasteiger partial charge in [0.15, 0.2) is 5.65 Å². The predicted octanol–water partition coefficient (Wildman–Crippen LogP) is 0.358. The summed E-state index contributed by atoms with van der Waals surface area (Å²) in [4.78, 5) is 28.0. The molecule has 0 bridgehead atoms. The second-order valence-electron chi connectivity index (χ2n) is 7.51. The molecule has 2 aliphatic rings. The molecule has 3 aromatic rings. The molecule has 1 aromatic carbocycles. The molecule has 3 amide bonds. The summed E-state index contributed by atoms with van der Waals surface area (Å²) in [5.74, 6) is 0.859. The molecule has 0 atom stereocenters. The Labute approximate surface area is 177 Å². The molecule has 1 aliphatic heterocycles. The Morgan fingerprint density at radius 1 is 1.26 bits per heavy atom. The summed E-state index contributed by atoms with van der Waals surface area (Å²) in [5.41, 5.74) is 3.59. The van der Waals surface area contributed by atoms with E-state index in [1.165, 1.54) is 0 Å². The first-order chi connectivity index (χ1) is 15.0. The number of hydrogen-bond acceptors (Lipinski definition) is 7. The maximum atomic E-state index is 11.9. The number of carbonyl (C=O) groups is 2. The quantitative estimate of drug-likeness (QED) is 0.270. The van der Waals surface area contributed by atoms with Crippen LogP contribution in [0.5, 0.6) is 0 Å². The van der Waals surface area contributed by atoms with Crippen molar-refractivity contribution < 1.29 is 9.59 Å². The summed E-state index contributed by atoms with van der Waals surface area (Å²) >= 11 is 0. The Morgan fingerprint density at radius 2 is 2.10 bits per heavy atom. The molecule has 4 N–H and O–H groups in total. The number of rotatable bonds is 5. The van der Waals surface area contributed by atoms with Gasteiger partial charge in [0.25, 0.3) is 5.91 Å². The third-order valence-corrected chi connectivity index (χ3v) is 5.07. The first-order valence-corrected chi connectivity index (χ1v) is 9.77. The highest BCUT2D eigenvalue weighted by molar-refractivity contribution is 6.36. The molecular formula is C20H17BN8O2. The minimum absolute atomic E-state index is 0.139. The third-order valence-electron chi connectivity index (χ3n) is 5.07. The van der Waals surface area contributed by atoms with Gasteiger partial charge in [-0.2, -0.15) is 14.9 Å². The van der Waals surface area contributed by atoms with Crippen LogP contribution in [-0.4, -0.2) is 40.4 Å². The fourth-order valence-corrected chi connectivity index (χ4v) is 3.33. The summed E-state index contributed by atoms with van der Waals surface area (Å²) < 4.78 is 1.68. The number of imide groups is 1. The molecule has 11 heteroatoms. The molecule has 2 fully saturated rings. The molecular weight excluding hydrogens is 395 g/mol. The van der Waals surface area contributed by atoms with Crippen molar-refractivity contribution in [2.24, 2.45) is 0 Å². The molecule has 0 radical (unpaired) electrons. The number of carbonyl (C=O) groups excluding carboxylic acids is 2. The zero-order valence-electron chi connectivity index (χ0n) is 16.6. The van der Waals surface area contributed by atoms with Gasteiger partial charge in [-0.25, -0.2) is 9.78 Å². The molecule has 152 valence electrons. The Balaban J connectivity index is 1.57. The lowest BCUT2D eigenvalue weighted by molar-refractivity contribution is -0.115. The average Bonchev–Trinajstić information content (AvgIpc) is 3.38. The van der Waals surface area contributed by atoms with Crippen molar-refractivity contribution in [2.75, 3.05) is 10.6 Å². The molecule has 0 unspecified atom stereocenters. The van der Waals surface area contributed by atoms with Gasteiger partial charge in [0.05, 0.1) is 17.8 Å². The van der Waals surface area contributed by atoms with E-state index in [0.29, 0.717) is 28.6 Å². The van der Waals surface area contributed by atoms with Crippen LogP contribution in [0, 0.1) is 11.3 Å². The van der Waals surface area contributed by atoms with Gasteiger partial charge < -0.3 is 16.0 Å². The van der Waals surface area contributed by atoms with Crippen LogP contribution in [0.2, 0.25) is 0 Å². The summed E-state index contributed by atoms with van der Waals surface area (Å²) in [7, 11) is 1.92. The van der Waals surface area contributed by atoms with E-state index < -0.39 is 11.9 Å². The van der Waals surface area contributed by atoms with Crippen molar-refractivity contribution in [1.29, 1.82) is 5.26 Å². The standard InChI is InChI=1S/C20H17BN8O2/c21-13-5-10(8-22)1-4-14(13)25-16-7-17(24-12-2-3-12)29-18(27-16)11(9-23-29)6-15-19(30)28-20(31)26-15/h1,4-7,9,12,24H,2-3,21H2,(H,25,27)(H2,26,28,30,31)/b15-6-. The average molecular weight is 412 g/mol. The van der Waals surface area contributed by atoms with E-state index in [9.17, 15) is 9.59 Å². The molecule has 2 aromatic heterocycles. The van der Waals surface area contributed by atoms with E-state index in [-0.39, 0.29) is 5.70 Å². The van der Waals surface area contributed by atoms with Gasteiger partial charge in [-0.3, -0.25) is 10.1 Å². The number of urea groups is 1. The topological polar surface area (TPSA) is 136 Å². The SMILES string of the molecule is Bc1cc(C#N)ccc1Nc1cc(NC2CC2)n2ncc(/C=C3\NC(=O)NC3=O)c2n1. The lowest BCUT2D eigenvalue weighted by Gasteiger charge is -2.13. The van der Waals surface area contributed by atoms with Gasteiger partial charge in [0, 0.05) is 23.4 Å². The van der Waals surface area contributed by atoms with Crippen LogP contribution in [0.3, 0.4) is 0 Å². The van der Waals surface area contributed by atoms with E-state index in [1.54, 1.807) is 28.9 Å². The number of aromatic nitrogens is 3. The summed E-state index contributed by atoms with van der Waals surface area (Å²) in [6.45, 7) is 0. The van der Waals surface area contributed by atoms with Crippen LogP contribution in [-0.2, 0) is 4.79 Å². The molecule has 1 saturated carbocycles. The highest BCUT2D eigenvalue weighted by Crippen LogP contribution is 2.28. The fourth-order valence-electron chi connectivity index (χ4n) is 3.33. The van der Waals surface area contributed by atoms with Crippen LogP contribution >= 0.6 is 0 Å². The van der Waals surface area contributed by atoms with E-state index in [2.05, 4.69) is 37.4 Å². The molecule has 1 saturated heterocycles. The molecule has 0 spiro atoms. The van der Waals surface area contributed by atoms with Gasteiger partial charge in [-0.05, 0) is 37.1 Å². The Kier molecular flexibility index (Phi) is 4.33. The maximum Gasteiger partial charge on any atom is 0.326 e. The summed E-state index contributed by atoms with van der Waals surface area (Å²) in [6, 6.07) is 9.22. The van der Waals surface area contributed by atoms with E-state index in [4.69, 9.17) is 5.26 Å². The molecule has 10 nitrogen and oxygen atoms in total. The van der Waals surface area contributed by atoms with Crippen molar-refractivity contribution in [1.82, 2.24) is 25.2 Å². The number of hydrogen-bond donors (Lipinski definition) is 4. The number of nitrogens with one attached hydrogen (secondary N) is 4. The number of fused-ring (bicyclic) bond motifs is 1. The van der Waals surface area contributed by atoms with Crippen LogP contribution in [0.1, 0.15) is 24.0 Å². The van der Waals surface area contributed by atoms with Crippen molar-refractivity contribution in [3.8, 4) is 6.07 Å².